The molecule has 1 atom stereocenters. The average Bonchev–Trinajstić information content (AvgIpc) is 2.36. The van der Waals surface area contributed by atoms with E-state index in [1.54, 1.807) is 0 Å². The van der Waals surface area contributed by atoms with Gasteiger partial charge in [0, 0.05) is 11.5 Å². The normalized spacial score (nSPS) is 27.0. The summed E-state index contributed by atoms with van der Waals surface area (Å²) in [6.45, 7) is 6.88. The molecule has 102 valence electrons. The van der Waals surface area contributed by atoms with Gasteiger partial charge in [-0.2, -0.15) is 11.8 Å². The van der Waals surface area contributed by atoms with Crippen molar-refractivity contribution in [1.82, 2.24) is 0 Å². The quantitative estimate of drug-likeness (QED) is 0.719. The van der Waals surface area contributed by atoms with Gasteiger partial charge >= 0.3 is 0 Å². The van der Waals surface area contributed by atoms with Crippen LogP contribution in [-0.4, -0.2) is 63.9 Å². The molecule has 0 bridgehead atoms. The van der Waals surface area contributed by atoms with Crippen molar-refractivity contribution in [2.24, 2.45) is 0 Å². The second-order valence-corrected chi connectivity index (χ2v) is 4.96. The van der Waals surface area contributed by atoms with Crippen molar-refractivity contribution in [2.75, 3.05) is 57.8 Å². The van der Waals surface area contributed by atoms with Crippen LogP contribution in [0, 0.1) is 0 Å². The third-order valence-corrected chi connectivity index (χ3v) is 3.52. The van der Waals surface area contributed by atoms with Gasteiger partial charge in [-0.25, -0.2) is 0 Å². The second kappa shape index (κ2) is 11.3. The lowest BCUT2D eigenvalue weighted by atomic mass is 10.3. The molecule has 17 heavy (non-hydrogen) atoms. The lowest BCUT2D eigenvalue weighted by Gasteiger charge is -2.15. The predicted octanol–water partition coefficient (Wildman–Crippen LogP) is 1.58. The van der Waals surface area contributed by atoms with Gasteiger partial charge in [0.25, 0.3) is 0 Å². The summed E-state index contributed by atoms with van der Waals surface area (Å²) in [7, 11) is 0. The SMILES string of the molecule is CCC1CSCCOCCOCCOCCO1. The van der Waals surface area contributed by atoms with Crippen LogP contribution >= 0.6 is 11.8 Å². The van der Waals surface area contributed by atoms with Gasteiger partial charge in [0.2, 0.25) is 0 Å². The van der Waals surface area contributed by atoms with Gasteiger partial charge < -0.3 is 18.9 Å². The van der Waals surface area contributed by atoms with Crippen LogP contribution in [0.15, 0.2) is 0 Å². The predicted molar refractivity (Wildman–Crippen MR) is 69.8 cm³/mol. The summed E-state index contributed by atoms with van der Waals surface area (Å²) in [6.07, 6.45) is 1.39. The molecule has 1 unspecified atom stereocenters. The molecule has 0 spiro atoms. The highest BCUT2D eigenvalue weighted by molar-refractivity contribution is 7.99. The van der Waals surface area contributed by atoms with Crippen LogP contribution in [0.2, 0.25) is 0 Å². The minimum atomic E-state index is 0.338. The molecule has 0 N–H and O–H groups in total. The topological polar surface area (TPSA) is 36.9 Å². The zero-order valence-electron chi connectivity index (χ0n) is 10.7. The third-order valence-electron chi connectivity index (χ3n) is 2.46. The van der Waals surface area contributed by atoms with Crippen molar-refractivity contribution in [3.8, 4) is 0 Å². The van der Waals surface area contributed by atoms with E-state index in [1.165, 1.54) is 0 Å². The lowest BCUT2D eigenvalue weighted by Crippen LogP contribution is -2.19. The molecule has 5 heteroatoms. The Bertz CT molecular complexity index is 153. The van der Waals surface area contributed by atoms with Crippen LogP contribution in [0.1, 0.15) is 13.3 Å². The Morgan fingerprint density at radius 3 is 2.12 bits per heavy atom. The summed E-state index contributed by atoms with van der Waals surface area (Å²) in [5.41, 5.74) is 0. The van der Waals surface area contributed by atoms with Crippen LogP contribution in [0.5, 0.6) is 0 Å². The van der Waals surface area contributed by atoms with E-state index < -0.39 is 0 Å². The Morgan fingerprint density at radius 2 is 1.47 bits per heavy atom. The number of hydrogen-bond donors (Lipinski definition) is 0. The van der Waals surface area contributed by atoms with Crippen molar-refractivity contribution in [3.05, 3.63) is 0 Å². The van der Waals surface area contributed by atoms with Crippen LogP contribution in [0.4, 0.5) is 0 Å². The highest BCUT2D eigenvalue weighted by Crippen LogP contribution is 2.09. The van der Waals surface area contributed by atoms with Gasteiger partial charge in [0.05, 0.1) is 52.4 Å². The fourth-order valence-electron chi connectivity index (χ4n) is 1.43. The molecule has 0 radical (unpaired) electrons. The lowest BCUT2D eigenvalue weighted by molar-refractivity contribution is -0.0129. The maximum Gasteiger partial charge on any atom is 0.0704 e. The summed E-state index contributed by atoms with van der Waals surface area (Å²) in [5.74, 6) is 2.06. The van der Waals surface area contributed by atoms with Gasteiger partial charge in [0.1, 0.15) is 0 Å². The van der Waals surface area contributed by atoms with E-state index in [1.807, 2.05) is 11.8 Å². The smallest absolute Gasteiger partial charge is 0.0704 e. The van der Waals surface area contributed by atoms with Crippen LogP contribution in [-0.2, 0) is 18.9 Å². The third kappa shape index (κ3) is 8.85. The molecule has 4 nitrogen and oxygen atoms in total. The van der Waals surface area contributed by atoms with Crippen LogP contribution in [0.3, 0.4) is 0 Å². The maximum absolute atomic E-state index is 5.74. The van der Waals surface area contributed by atoms with Crippen molar-refractivity contribution in [1.29, 1.82) is 0 Å². The van der Waals surface area contributed by atoms with E-state index in [0.29, 0.717) is 45.7 Å². The van der Waals surface area contributed by atoms with Gasteiger partial charge in [-0.15, -0.1) is 0 Å². The first-order valence-electron chi connectivity index (χ1n) is 6.36. The Kier molecular flexibility index (Phi) is 10.1. The Morgan fingerprint density at radius 1 is 0.882 bits per heavy atom. The van der Waals surface area contributed by atoms with E-state index in [-0.39, 0.29) is 0 Å². The fraction of sp³-hybridized carbons (Fsp3) is 1.00. The minimum Gasteiger partial charge on any atom is -0.378 e. The number of thioether (sulfide) groups is 1. The fourth-order valence-corrected chi connectivity index (χ4v) is 2.43. The monoisotopic (exact) mass is 264 g/mol. The van der Waals surface area contributed by atoms with E-state index >= 15 is 0 Å². The molecule has 0 aromatic rings. The van der Waals surface area contributed by atoms with Crippen molar-refractivity contribution in [3.63, 3.8) is 0 Å². The minimum absolute atomic E-state index is 0.338. The Hall–Kier alpha value is 0.190. The van der Waals surface area contributed by atoms with E-state index in [0.717, 1.165) is 24.5 Å². The summed E-state index contributed by atoms with van der Waals surface area (Å²) >= 11 is 1.89. The van der Waals surface area contributed by atoms with Crippen LogP contribution in [0.25, 0.3) is 0 Å². The Labute approximate surface area is 108 Å². The zero-order chi connectivity index (χ0) is 12.2. The molecule has 1 aliphatic rings. The van der Waals surface area contributed by atoms with Crippen molar-refractivity contribution in [2.45, 2.75) is 19.4 Å². The second-order valence-electron chi connectivity index (χ2n) is 3.81. The summed E-state index contributed by atoms with van der Waals surface area (Å²) in [5, 5.41) is 0. The molecular weight excluding hydrogens is 240 g/mol. The molecular formula is C12H24O4S. The van der Waals surface area contributed by atoms with Crippen LogP contribution < -0.4 is 0 Å². The first kappa shape index (κ1) is 15.2. The number of rotatable bonds is 1. The first-order valence-corrected chi connectivity index (χ1v) is 7.51. The highest BCUT2D eigenvalue weighted by Gasteiger charge is 2.06. The van der Waals surface area contributed by atoms with Gasteiger partial charge in [-0.3, -0.25) is 0 Å². The molecule has 0 saturated carbocycles. The molecule has 0 aliphatic carbocycles. The van der Waals surface area contributed by atoms with Gasteiger partial charge in [0.15, 0.2) is 0 Å². The van der Waals surface area contributed by atoms with Crippen molar-refractivity contribution >= 4 is 11.8 Å². The molecule has 1 saturated heterocycles. The van der Waals surface area contributed by atoms with Gasteiger partial charge in [-0.1, -0.05) is 6.92 Å². The summed E-state index contributed by atoms with van der Waals surface area (Å²) < 4.78 is 22.0. The van der Waals surface area contributed by atoms with E-state index in [2.05, 4.69) is 6.92 Å². The van der Waals surface area contributed by atoms with Crippen molar-refractivity contribution < 1.29 is 18.9 Å². The molecule has 0 aromatic heterocycles. The first-order chi connectivity index (χ1) is 8.43. The van der Waals surface area contributed by atoms with Gasteiger partial charge in [-0.05, 0) is 6.42 Å². The standard InChI is InChI=1S/C12H24O4S/c1-2-12-11-17-10-9-15-6-5-13-3-4-14-7-8-16-12/h12H,2-11H2,1H3. The zero-order valence-corrected chi connectivity index (χ0v) is 11.5. The number of hydrogen-bond acceptors (Lipinski definition) is 5. The maximum atomic E-state index is 5.74. The van der Waals surface area contributed by atoms with E-state index in [9.17, 15) is 0 Å². The summed E-state index contributed by atoms with van der Waals surface area (Å²) in [6, 6.07) is 0. The number of ether oxygens (including phenoxy) is 4. The molecule has 1 fully saturated rings. The Balaban J connectivity index is 2.16. The molecule has 1 heterocycles. The van der Waals surface area contributed by atoms with E-state index in [4.69, 9.17) is 18.9 Å². The molecule has 1 rings (SSSR count). The molecule has 1 aliphatic heterocycles. The molecule has 0 aromatic carbocycles. The summed E-state index contributed by atoms with van der Waals surface area (Å²) in [4.78, 5) is 0. The molecule has 0 amide bonds. The highest BCUT2D eigenvalue weighted by atomic mass is 32.2. The largest absolute Gasteiger partial charge is 0.378 e. The average molecular weight is 264 g/mol.